The Hall–Kier alpha value is 0.280. The fraction of sp³-hybridized carbons (Fsp3) is 0.333. The van der Waals surface area contributed by atoms with Crippen molar-refractivity contribution in [2.45, 2.75) is 26.7 Å². The van der Waals surface area contributed by atoms with Gasteiger partial charge in [-0.3, -0.25) is 0 Å². The summed E-state index contributed by atoms with van der Waals surface area (Å²) in [7, 11) is 0. The van der Waals surface area contributed by atoms with Gasteiger partial charge in [0.2, 0.25) is 0 Å². The normalized spacial score (nSPS) is 11.3. The van der Waals surface area contributed by atoms with E-state index in [1.165, 1.54) is 4.88 Å². The first-order valence-corrected chi connectivity index (χ1v) is 8.46. The van der Waals surface area contributed by atoms with E-state index in [1.807, 2.05) is 6.07 Å². The zero-order valence-electron chi connectivity index (χ0n) is 10.1. The van der Waals surface area contributed by atoms with Crippen LogP contribution in [0, 0.1) is 10.5 Å². The molecule has 6 heteroatoms. The summed E-state index contributed by atoms with van der Waals surface area (Å²) in [5, 5.41) is 0.534. The molecule has 0 amide bonds. The lowest BCUT2D eigenvalue weighted by molar-refractivity contribution is 0.809. The molecule has 0 saturated carbocycles. The molecule has 0 radical (unpaired) electrons. The lowest BCUT2D eigenvalue weighted by Crippen LogP contribution is -2.01. The van der Waals surface area contributed by atoms with Crippen LogP contribution in [-0.2, 0) is 0 Å². The summed E-state index contributed by atoms with van der Waals surface area (Å²) in [4.78, 5) is 11.3. The summed E-state index contributed by atoms with van der Waals surface area (Å²) in [6, 6.07) is 2.04. The minimum absolute atomic E-state index is 0.334. The predicted octanol–water partition coefficient (Wildman–Crippen LogP) is 5.66. The topological polar surface area (TPSA) is 25.8 Å². The smallest absolute Gasteiger partial charge is 0.171 e. The predicted molar refractivity (Wildman–Crippen MR) is 89.6 cm³/mol. The van der Waals surface area contributed by atoms with Gasteiger partial charge in [0.15, 0.2) is 5.82 Å². The summed E-state index contributed by atoms with van der Waals surface area (Å²) in [5.41, 5.74) is 1.01. The van der Waals surface area contributed by atoms with Crippen molar-refractivity contribution in [3.8, 4) is 10.7 Å². The first kappa shape index (κ1) is 14.7. The lowest BCUT2D eigenvalue weighted by atomic mass is 10.1. The molecule has 0 aliphatic rings. The van der Waals surface area contributed by atoms with Crippen molar-refractivity contribution in [1.82, 2.24) is 9.97 Å². The lowest BCUT2D eigenvalue weighted by Gasteiger charge is -2.09. The van der Waals surface area contributed by atoms with Crippen LogP contribution >= 0.6 is 61.5 Å². The monoisotopic (exact) mass is 456 g/mol. The fourth-order valence-corrected chi connectivity index (χ4v) is 4.01. The average Bonchev–Trinajstić information content (AvgIpc) is 2.62. The standard InChI is InChI=1S/C12H11BrClIN2S/c1-5(2)10-9(15)11(14)17-12(16-10)8-4-7(13)6(3)18-8/h4-5H,1-3H3. The van der Waals surface area contributed by atoms with E-state index in [4.69, 9.17) is 11.6 Å². The maximum Gasteiger partial charge on any atom is 0.171 e. The van der Waals surface area contributed by atoms with Crippen LogP contribution in [0.2, 0.25) is 5.15 Å². The Balaban J connectivity index is 2.58. The van der Waals surface area contributed by atoms with E-state index in [-0.39, 0.29) is 0 Å². The molecule has 2 aromatic heterocycles. The number of aromatic nitrogens is 2. The second-order valence-electron chi connectivity index (χ2n) is 4.21. The summed E-state index contributed by atoms with van der Waals surface area (Å²) in [6.45, 7) is 6.29. The largest absolute Gasteiger partial charge is 0.231 e. The molecule has 0 aliphatic carbocycles. The van der Waals surface area contributed by atoms with Crippen molar-refractivity contribution in [2.24, 2.45) is 0 Å². The zero-order valence-corrected chi connectivity index (χ0v) is 15.4. The van der Waals surface area contributed by atoms with Crippen molar-refractivity contribution in [1.29, 1.82) is 0 Å². The molecule has 0 spiro atoms. The van der Waals surface area contributed by atoms with E-state index in [0.717, 1.165) is 18.6 Å². The second kappa shape index (κ2) is 5.73. The van der Waals surface area contributed by atoms with Crippen LogP contribution in [0.4, 0.5) is 0 Å². The number of nitrogens with zero attached hydrogens (tertiary/aromatic N) is 2. The van der Waals surface area contributed by atoms with Gasteiger partial charge >= 0.3 is 0 Å². The number of hydrogen-bond donors (Lipinski definition) is 0. The molecule has 18 heavy (non-hydrogen) atoms. The summed E-state index contributed by atoms with van der Waals surface area (Å²) in [5.74, 6) is 1.04. The molecule has 0 saturated heterocycles. The van der Waals surface area contributed by atoms with Gasteiger partial charge in [-0.05, 0) is 57.4 Å². The molecule has 0 aromatic carbocycles. The minimum Gasteiger partial charge on any atom is -0.231 e. The van der Waals surface area contributed by atoms with Gasteiger partial charge in [0.25, 0.3) is 0 Å². The Morgan fingerprint density at radius 2 is 2.06 bits per heavy atom. The SMILES string of the molecule is Cc1sc(-c2nc(Cl)c(I)c(C(C)C)n2)cc1Br. The third kappa shape index (κ3) is 2.89. The molecule has 96 valence electrons. The Kier molecular flexibility index (Phi) is 4.67. The molecular formula is C12H11BrClIN2S. The fourth-order valence-electron chi connectivity index (χ4n) is 1.50. The van der Waals surface area contributed by atoms with Crippen LogP contribution < -0.4 is 0 Å². The van der Waals surface area contributed by atoms with Gasteiger partial charge in [-0.1, -0.05) is 25.4 Å². The van der Waals surface area contributed by atoms with E-state index in [0.29, 0.717) is 16.9 Å². The molecule has 2 heterocycles. The average molecular weight is 458 g/mol. The van der Waals surface area contributed by atoms with Gasteiger partial charge in [0.1, 0.15) is 5.15 Å². The second-order valence-corrected chi connectivity index (χ2v) is 7.75. The zero-order chi connectivity index (χ0) is 13.4. The molecular weight excluding hydrogens is 446 g/mol. The Morgan fingerprint density at radius 1 is 1.39 bits per heavy atom. The summed E-state index contributed by atoms with van der Waals surface area (Å²) >= 11 is 13.6. The van der Waals surface area contributed by atoms with E-state index < -0.39 is 0 Å². The van der Waals surface area contributed by atoms with Crippen molar-refractivity contribution in [3.05, 3.63) is 29.8 Å². The van der Waals surface area contributed by atoms with Crippen LogP contribution in [0.15, 0.2) is 10.5 Å². The highest BCUT2D eigenvalue weighted by Gasteiger charge is 2.16. The first-order chi connectivity index (χ1) is 8.40. The number of rotatable bonds is 2. The number of aryl methyl sites for hydroxylation is 1. The minimum atomic E-state index is 0.334. The van der Waals surface area contributed by atoms with Crippen LogP contribution in [0.5, 0.6) is 0 Å². The van der Waals surface area contributed by atoms with E-state index in [1.54, 1.807) is 11.3 Å². The van der Waals surface area contributed by atoms with Gasteiger partial charge in [-0.25, -0.2) is 9.97 Å². The Bertz CT molecular complexity index is 579. The Morgan fingerprint density at radius 3 is 2.56 bits per heavy atom. The summed E-state index contributed by atoms with van der Waals surface area (Å²) < 4.78 is 2.03. The molecule has 0 aliphatic heterocycles. The molecule has 2 nitrogen and oxygen atoms in total. The summed E-state index contributed by atoms with van der Waals surface area (Å²) in [6.07, 6.45) is 0. The molecule has 0 unspecified atom stereocenters. The van der Waals surface area contributed by atoms with Gasteiger partial charge < -0.3 is 0 Å². The van der Waals surface area contributed by atoms with E-state index >= 15 is 0 Å². The van der Waals surface area contributed by atoms with Crippen LogP contribution in [0.1, 0.15) is 30.3 Å². The molecule has 0 bridgehead atoms. The van der Waals surface area contributed by atoms with Crippen LogP contribution in [-0.4, -0.2) is 9.97 Å². The molecule has 0 N–H and O–H groups in total. The van der Waals surface area contributed by atoms with E-state index in [9.17, 15) is 0 Å². The molecule has 2 rings (SSSR count). The number of hydrogen-bond acceptors (Lipinski definition) is 3. The number of thiophene rings is 1. The highest BCUT2D eigenvalue weighted by atomic mass is 127. The van der Waals surface area contributed by atoms with E-state index in [2.05, 4.69) is 69.3 Å². The molecule has 0 atom stereocenters. The molecule has 0 fully saturated rings. The van der Waals surface area contributed by atoms with Crippen LogP contribution in [0.3, 0.4) is 0 Å². The van der Waals surface area contributed by atoms with Gasteiger partial charge in [0.05, 0.1) is 14.1 Å². The number of halogens is 3. The van der Waals surface area contributed by atoms with Crippen molar-refractivity contribution in [2.75, 3.05) is 0 Å². The third-order valence-electron chi connectivity index (χ3n) is 2.46. The first-order valence-electron chi connectivity index (χ1n) is 5.39. The van der Waals surface area contributed by atoms with Crippen LogP contribution in [0.25, 0.3) is 10.7 Å². The van der Waals surface area contributed by atoms with Crippen molar-refractivity contribution >= 4 is 61.5 Å². The highest BCUT2D eigenvalue weighted by Crippen LogP contribution is 2.34. The van der Waals surface area contributed by atoms with Gasteiger partial charge in [-0.2, -0.15) is 0 Å². The Labute approximate surface area is 137 Å². The molecule has 2 aromatic rings. The van der Waals surface area contributed by atoms with Gasteiger partial charge in [0, 0.05) is 9.35 Å². The third-order valence-corrected chi connectivity index (χ3v) is 6.25. The van der Waals surface area contributed by atoms with Gasteiger partial charge in [-0.15, -0.1) is 11.3 Å². The maximum atomic E-state index is 6.19. The quantitative estimate of drug-likeness (QED) is 0.430. The van der Waals surface area contributed by atoms with Crippen molar-refractivity contribution in [3.63, 3.8) is 0 Å². The van der Waals surface area contributed by atoms with Crippen molar-refractivity contribution < 1.29 is 0 Å². The maximum absolute atomic E-state index is 6.19. The highest BCUT2D eigenvalue weighted by molar-refractivity contribution is 14.1.